The van der Waals surface area contributed by atoms with E-state index in [9.17, 15) is 0 Å². The maximum absolute atomic E-state index is 3.73. The lowest BCUT2D eigenvalue weighted by atomic mass is 9.82. The summed E-state index contributed by atoms with van der Waals surface area (Å²) in [5, 5.41) is 8.79. The molecule has 0 fully saturated rings. The molecule has 6 aromatic carbocycles. The molecule has 0 atom stereocenters. The van der Waals surface area contributed by atoms with Crippen LogP contribution >= 0.6 is 0 Å². The molecule has 39 heavy (non-hydrogen) atoms. The van der Waals surface area contributed by atoms with Crippen LogP contribution in [0.25, 0.3) is 49.4 Å². The second-order valence-electron chi connectivity index (χ2n) is 11.2. The van der Waals surface area contributed by atoms with Crippen LogP contribution in [0.5, 0.6) is 0 Å². The quantitative estimate of drug-likeness (QED) is 0.255. The van der Waals surface area contributed by atoms with Gasteiger partial charge in [-0.3, -0.25) is 0 Å². The Morgan fingerprint density at radius 2 is 1.15 bits per heavy atom. The van der Waals surface area contributed by atoms with Crippen LogP contribution in [0, 0.1) is 0 Å². The van der Waals surface area contributed by atoms with Crippen molar-refractivity contribution in [2.45, 2.75) is 19.3 Å². The molecular formula is C37H28N2. The third-order valence-electron chi connectivity index (χ3n) is 8.52. The Kier molecular flexibility index (Phi) is 4.60. The Labute approximate surface area is 228 Å². The van der Waals surface area contributed by atoms with Crippen molar-refractivity contribution in [1.82, 2.24) is 4.57 Å². The summed E-state index contributed by atoms with van der Waals surface area (Å²) in [6.07, 6.45) is 0. The van der Waals surface area contributed by atoms with Crippen LogP contribution in [0.4, 0.5) is 11.4 Å². The van der Waals surface area contributed by atoms with Crippen LogP contribution in [0.3, 0.4) is 0 Å². The summed E-state index contributed by atoms with van der Waals surface area (Å²) in [5.74, 6) is 0. The fourth-order valence-corrected chi connectivity index (χ4v) is 6.58. The smallest absolute Gasteiger partial charge is 0.0561 e. The lowest BCUT2D eigenvalue weighted by Crippen LogP contribution is -2.15. The standard InChI is InChI=1S/C37H28N2/c1-37(2)33-15-9-8-14-29(33)30-18-16-26(22-34(30)37)38-27-17-19-31-32-20-24-10-6-7-11-25(24)21-35(32)39(36(31)23-27)28-12-4-3-5-13-28/h3-23,38H,1-2H3. The monoisotopic (exact) mass is 500 g/mol. The van der Waals surface area contributed by atoms with Crippen LogP contribution < -0.4 is 5.32 Å². The van der Waals surface area contributed by atoms with Gasteiger partial charge in [-0.15, -0.1) is 0 Å². The van der Waals surface area contributed by atoms with Crippen LogP contribution in [-0.4, -0.2) is 4.57 Å². The lowest BCUT2D eigenvalue weighted by Gasteiger charge is -2.22. The van der Waals surface area contributed by atoms with Gasteiger partial charge < -0.3 is 9.88 Å². The number of rotatable bonds is 3. The largest absolute Gasteiger partial charge is 0.355 e. The number of nitrogens with zero attached hydrogens (tertiary/aromatic N) is 1. The van der Waals surface area contributed by atoms with E-state index in [4.69, 9.17) is 0 Å². The summed E-state index contributed by atoms with van der Waals surface area (Å²) in [6.45, 7) is 4.66. The second-order valence-corrected chi connectivity index (χ2v) is 11.2. The van der Waals surface area contributed by atoms with E-state index in [1.165, 1.54) is 60.5 Å². The highest BCUT2D eigenvalue weighted by Gasteiger charge is 2.35. The van der Waals surface area contributed by atoms with Gasteiger partial charge in [-0.2, -0.15) is 0 Å². The summed E-state index contributed by atoms with van der Waals surface area (Å²) in [4.78, 5) is 0. The molecule has 8 rings (SSSR count). The Morgan fingerprint density at radius 3 is 2.00 bits per heavy atom. The van der Waals surface area contributed by atoms with E-state index in [1.807, 2.05) is 0 Å². The van der Waals surface area contributed by atoms with Crippen LogP contribution in [-0.2, 0) is 5.41 Å². The number of hydrogen-bond acceptors (Lipinski definition) is 1. The molecule has 0 saturated heterocycles. The molecule has 0 amide bonds. The molecule has 0 spiro atoms. The topological polar surface area (TPSA) is 17.0 Å². The first-order valence-corrected chi connectivity index (χ1v) is 13.6. The van der Waals surface area contributed by atoms with Gasteiger partial charge in [0.1, 0.15) is 0 Å². The minimum absolute atomic E-state index is 0.0185. The van der Waals surface area contributed by atoms with Gasteiger partial charge in [0.2, 0.25) is 0 Å². The highest BCUT2D eigenvalue weighted by molar-refractivity contribution is 6.14. The van der Waals surface area contributed by atoms with Crippen LogP contribution in [0.15, 0.2) is 127 Å². The number of hydrogen-bond donors (Lipinski definition) is 1. The minimum Gasteiger partial charge on any atom is -0.355 e. The van der Waals surface area contributed by atoms with Gasteiger partial charge in [0, 0.05) is 33.2 Å². The zero-order valence-corrected chi connectivity index (χ0v) is 22.1. The number of benzene rings is 6. The molecule has 7 aromatic rings. The number of para-hydroxylation sites is 1. The van der Waals surface area contributed by atoms with Crippen molar-refractivity contribution in [1.29, 1.82) is 0 Å². The van der Waals surface area contributed by atoms with E-state index < -0.39 is 0 Å². The van der Waals surface area contributed by atoms with Crippen molar-refractivity contribution in [2.75, 3.05) is 5.32 Å². The first-order valence-electron chi connectivity index (χ1n) is 13.6. The molecule has 2 heteroatoms. The van der Waals surface area contributed by atoms with Gasteiger partial charge >= 0.3 is 0 Å². The second kappa shape index (κ2) is 8.09. The molecule has 1 aliphatic rings. The van der Waals surface area contributed by atoms with E-state index in [1.54, 1.807) is 0 Å². The highest BCUT2D eigenvalue weighted by atomic mass is 15.0. The van der Waals surface area contributed by atoms with Gasteiger partial charge in [-0.1, -0.05) is 92.7 Å². The minimum atomic E-state index is -0.0185. The van der Waals surface area contributed by atoms with Gasteiger partial charge in [0.05, 0.1) is 11.0 Å². The first-order chi connectivity index (χ1) is 19.1. The Morgan fingerprint density at radius 1 is 0.513 bits per heavy atom. The highest BCUT2D eigenvalue weighted by Crippen LogP contribution is 2.49. The van der Waals surface area contributed by atoms with Crippen LogP contribution in [0.2, 0.25) is 0 Å². The summed E-state index contributed by atoms with van der Waals surface area (Å²) >= 11 is 0. The predicted octanol–water partition coefficient (Wildman–Crippen LogP) is 9.99. The lowest BCUT2D eigenvalue weighted by molar-refractivity contribution is 0.660. The molecule has 1 aliphatic carbocycles. The number of fused-ring (bicyclic) bond motifs is 7. The Bertz CT molecular complexity index is 2060. The summed E-state index contributed by atoms with van der Waals surface area (Å²) < 4.78 is 2.39. The van der Waals surface area contributed by atoms with Crippen molar-refractivity contribution < 1.29 is 0 Å². The maximum Gasteiger partial charge on any atom is 0.0561 e. The molecule has 0 saturated carbocycles. The van der Waals surface area contributed by atoms with E-state index in [2.05, 4.69) is 151 Å². The third-order valence-corrected chi connectivity index (χ3v) is 8.52. The van der Waals surface area contributed by atoms with Crippen molar-refractivity contribution in [3.63, 3.8) is 0 Å². The number of nitrogens with one attached hydrogen (secondary N) is 1. The van der Waals surface area contributed by atoms with E-state index in [0.717, 1.165) is 11.4 Å². The molecule has 1 aromatic heterocycles. The molecular weight excluding hydrogens is 472 g/mol. The molecule has 0 radical (unpaired) electrons. The predicted molar refractivity (Wildman–Crippen MR) is 166 cm³/mol. The maximum atomic E-state index is 3.73. The fourth-order valence-electron chi connectivity index (χ4n) is 6.58. The number of anilines is 2. The fraction of sp³-hybridized carbons (Fsp3) is 0.0811. The normalized spacial score (nSPS) is 13.6. The molecule has 186 valence electrons. The zero-order valence-electron chi connectivity index (χ0n) is 22.1. The summed E-state index contributed by atoms with van der Waals surface area (Å²) in [7, 11) is 0. The average Bonchev–Trinajstić information content (AvgIpc) is 3.40. The zero-order chi connectivity index (χ0) is 26.1. The van der Waals surface area contributed by atoms with Crippen molar-refractivity contribution >= 4 is 44.0 Å². The summed E-state index contributed by atoms with van der Waals surface area (Å²) in [5.41, 5.74) is 11.2. The van der Waals surface area contributed by atoms with Gasteiger partial charge in [0.25, 0.3) is 0 Å². The summed E-state index contributed by atoms with van der Waals surface area (Å²) in [6, 6.07) is 46.3. The van der Waals surface area contributed by atoms with Crippen molar-refractivity contribution in [3.05, 3.63) is 139 Å². The molecule has 0 unspecified atom stereocenters. The molecule has 1 N–H and O–H groups in total. The van der Waals surface area contributed by atoms with E-state index >= 15 is 0 Å². The van der Waals surface area contributed by atoms with Crippen LogP contribution in [0.1, 0.15) is 25.0 Å². The third kappa shape index (κ3) is 3.28. The molecule has 0 bridgehead atoms. The van der Waals surface area contributed by atoms with E-state index in [0.29, 0.717) is 0 Å². The average molecular weight is 501 g/mol. The molecule has 2 nitrogen and oxygen atoms in total. The Balaban J connectivity index is 1.28. The first kappa shape index (κ1) is 22.2. The van der Waals surface area contributed by atoms with Crippen molar-refractivity contribution in [3.8, 4) is 16.8 Å². The van der Waals surface area contributed by atoms with Gasteiger partial charge in [-0.05, 0) is 81.6 Å². The molecule has 0 aliphatic heterocycles. The van der Waals surface area contributed by atoms with Gasteiger partial charge in [-0.25, -0.2) is 0 Å². The number of aromatic nitrogens is 1. The SMILES string of the molecule is CC1(C)c2ccccc2-c2ccc(Nc3ccc4c5cc6ccccc6cc5n(-c5ccccc5)c4c3)cc21. The Hall–Kier alpha value is -4.82. The van der Waals surface area contributed by atoms with Crippen molar-refractivity contribution in [2.24, 2.45) is 0 Å². The molecule has 1 heterocycles. The van der Waals surface area contributed by atoms with Gasteiger partial charge in [0.15, 0.2) is 0 Å². The van der Waals surface area contributed by atoms with E-state index in [-0.39, 0.29) is 5.41 Å².